The monoisotopic (exact) mass is 418 g/mol. The van der Waals surface area contributed by atoms with Crippen molar-refractivity contribution in [3.63, 3.8) is 0 Å². The predicted molar refractivity (Wildman–Crippen MR) is 117 cm³/mol. The van der Waals surface area contributed by atoms with Crippen LogP contribution in [0.2, 0.25) is 0 Å². The van der Waals surface area contributed by atoms with Crippen molar-refractivity contribution in [2.45, 2.75) is 26.5 Å². The largest absolute Gasteiger partial charge is 0.487 e. The Hall–Kier alpha value is -3.45. The van der Waals surface area contributed by atoms with Crippen molar-refractivity contribution in [2.75, 3.05) is 0 Å². The molecule has 1 N–H and O–H groups in total. The van der Waals surface area contributed by atoms with Gasteiger partial charge in [0.1, 0.15) is 12.4 Å². The third kappa shape index (κ3) is 4.75. The van der Waals surface area contributed by atoms with Crippen LogP contribution in [0.1, 0.15) is 39.6 Å². The Morgan fingerprint density at radius 1 is 1.17 bits per heavy atom. The number of aromatic nitrogens is 3. The Kier molecular flexibility index (Phi) is 5.90. The first-order chi connectivity index (χ1) is 14.6. The third-order valence-corrected chi connectivity index (χ3v) is 5.54. The van der Waals surface area contributed by atoms with Crippen molar-refractivity contribution in [1.82, 2.24) is 19.9 Å². The predicted octanol–water partition coefficient (Wildman–Crippen LogP) is 4.71. The lowest BCUT2D eigenvalue weighted by Crippen LogP contribution is -2.26. The van der Waals surface area contributed by atoms with E-state index in [9.17, 15) is 4.79 Å². The van der Waals surface area contributed by atoms with Crippen molar-refractivity contribution >= 4 is 17.2 Å². The summed E-state index contributed by atoms with van der Waals surface area (Å²) in [6, 6.07) is 15.1. The maximum atomic E-state index is 12.6. The van der Waals surface area contributed by atoms with E-state index in [0.717, 1.165) is 22.0 Å². The molecule has 2 aromatic carbocycles. The molecule has 152 valence electrons. The highest BCUT2D eigenvalue weighted by Gasteiger charge is 2.12. The van der Waals surface area contributed by atoms with Gasteiger partial charge in [-0.2, -0.15) is 0 Å². The van der Waals surface area contributed by atoms with Gasteiger partial charge in [-0.05, 0) is 55.8 Å². The van der Waals surface area contributed by atoms with Gasteiger partial charge in [0, 0.05) is 29.0 Å². The molecule has 4 rings (SSSR count). The number of benzene rings is 2. The molecule has 0 spiro atoms. The van der Waals surface area contributed by atoms with Gasteiger partial charge in [0.05, 0.1) is 23.1 Å². The van der Waals surface area contributed by atoms with Crippen LogP contribution in [0.3, 0.4) is 0 Å². The van der Waals surface area contributed by atoms with Crippen molar-refractivity contribution in [2.24, 2.45) is 0 Å². The molecule has 0 radical (unpaired) electrons. The topological polar surface area (TPSA) is 69.0 Å². The lowest BCUT2D eigenvalue weighted by atomic mass is 10.1. The fraction of sp³-hybridized carbons (Fsp3) is 0.174. The van der Waals surface area contributed by atoms with Crippen LogP contribution in [-0.4, -0.2) is 20.4 Å². The van der Waals surface area contributed by atoms with Crippen molar-refractivity contribution in [1.29, 1.82) is 0 Å². The first-order valence-corrected chi connectivity index (χ1v) is 10.5. The molecule has 4 aromatic rings. The molecule has 30 heavy (non-hydrogen) atoms. The molecule has 2 heterocycles. The summed E-state index contributed by atoms with van der Waals surface area (Å²) in [4.78, 5) is 21.0. The Balaban J connectivity index is 1.33. The standard InChI is InChI=1S/C23H22N4O2S/c1-16(18-3-7-21(8-4-18)27-12-11-24-15-27)25-23(28)19-5-9-22(10-6-19)29-13-20-14-30-17(2)26-20/h3-12,14-16H,13H2,1-2H3,(H,25,28)/t16-/m1/s1. The summed E-state index contributed by atoms with van der Waals surface area (Å²) in [5.74, 6) is 0.586. The van der Waals surface area contributed by atoms with Gasteiger partial charge in [-0.25, -0.2) is 9.97 Å². The van der Waals surface area contributed by atoms with Crippen LogP contribution < -0.4 is 10.1 Å². The maximum absolute atomic E-state index is 12.6. The number of rotatable bonds is 7. The number of amides is 1. The highest BCUT2D eigenvalue weighted by Crippen LogP contribution is 2.18. The van der Waals surface area contributed by atoms with E-state index < -0.39 is 0 Å². The average Bonchev–Trinajstić information content (AvgIpc) is 3.44. The van der Waals surface area contributed by atoms with Crippen LogP contribution in [0.4, 0.5) is 0 Å². The molecule has 7 heteroatoms. The van der Waals surface area contributed by atoms with Gasteiger partial charge in [-0.1, -0.05) is 12.1 Å². The number of imidazole rings is 1. The van der Waals surface area contributed by atoms with Gasteiger partial charge < -0.3 is 14.6 Å². The van der Waals surface area contributed by atoms with Gasteiger partial charge in [-0.3, -0.25) is 4.79 Å². The summed E-state index contributed by atoms with van der Waals surface area (Å²) in [5, 5.41) is 6.05. The molecule has 6 nitrogen and oxygen atoms in total. The van der Waals surface area contributed by atoms with Crippen LogP contribution >= 0.6 is 11.3 Å². The minimum absolute atomic E-state index is 0.113. The van der Waals surface area contributed by atoms with E-state index in [1.54, 1.807) is 48.1 Å². The molecule has 2 aromatic heterocycles. The zero-order valence-corrected chi connectivity index (χ0v) is 17.6. The molecule has 0 aliphatic carbocycles. The van der Waals surface area contributed by atoms with Gasteiger partial charge in [0.15, 0.2) is 0 Å². The Morgan fingerprint density at radius 3 is 2.57 bits per heavy atom. The van der Waals surface area contributed by atoms with Crippen LogP contribution in [0.5, 0.6) is 5.75 Å². The maximum Gasteiger partial charge on any atom is 0.251 e. The Labute approximate surface area is 179 Å². The molecular formula is C23H22N4O2S. The van der Waals surface area contributed by atoms with Gasteiger partial charge in [-0.15, -0.1) is 11.3 Å². The second kappa shape index (κ2) is 8.92. The fourth-order valence-corrected chi connectivity index (χ4v) is 3.64. The minimum Gasteiger partial charge on any atom is -0.487 e. The van der Waals surface area contributed by atoms with Crippen molar-refractivity contribution < 1.29 is 9.53 Å². The first-order valence-electron chi connectivity index (χ1n) is 9.61. The first kappa shape index (κ1) is 19.8. The highest BCUT2D eigenvalue weighted by atomic mass is 32.1. The molecule has 0 bridgehead atoms. The van der Waals surface area contributed by atoms with Crippen LogP contribution in [-0.2, 0) is 6.61 Å². The van der Waals surface area contributed by atoms with Crippen LogP contribution in [0.15, 0.2) is 72.6 Å². The molecular weight excluding hydrogens is 396 g/mol. The molecule has 1 amide bonds. The second-order valence-electron chi connectivity index (χ2n) is 6.93. The second-order valence-corrected chi connectivity index (χ2v) is 7.99. The number of ether oxygens (including phenoxy) is 1. The molecule has 0 saturated carbocycles. The molecule has 0 fully saturated rings. The molecule has 0 aliphatic heterocycles. The van der Waals surface area contributed by atoms with E-state index in [-0.39, 0.29) is 11.9 Å². The summed E-state index contributed by atoms with van der Waals surface area (Å²) in [7, 11) is 0. The summed E-state index contributed by atoms with van der Waals surface area (Å²) >= 11 is 1.60. The Bertz CT molecular complexity index is 1100. The summed E-state index contributed by atoms with van der Waals surface area (Å²) in [6.07, 6.45) is 5.39. The van der Waals surface area contributed by atoms with E-state index in [1.165, 1.54) is 0 Å². The summed E-state index contributed by atoms with van der Waals surface area (Å²) in [6.45, 7) is 4.36. The number of hydrogen-bond donors (Lipinski definition) is 1. The number of hydrogen-bond acceptors (Lipinski definition) is 5. The molecule has 0 saturated heterocycles. The minimum atomic E-state index is -0.122. The molecule has 0 unspecified atom stereocenters. The lowest BCUT2D eigenvalue weighted by molar-refractivity contribution is 0.0940. The highest BCUT2D eigenvalue weighted by molar-refractivity contribution is 7.09. The van der Waals surface area contributed by atoms with Crippen molar-refractivity contribution in [3.8, 4) is 11.4 Å². The number of nitrogens with zero attached hydrogens (tertiary/aromatic N) is 3. The van der Waals surface area contributed by atoms with Crippen LogP contribution in [0.25, 0.3) is 5.69 Å². The van der Waals surface area contributed by atoms with Crippen LogP contribution in [0, 0.1) is 6.92 Å². The fourth-order valence-electron chi connectivity index (χ4n) is 3.04. The number of carbonyl (C=O) groups is 1. The van der Waals surface area contributed by atoms with Gasteiger partial charge >= 0.3 is 0 Å². The van der Waals surface area contributed by atoms with Crippen molar-refractivity contribution in [3.05, 3.63) is 94.5 Å². The summed E-state index contributed by atoms with van der Waals surface area (Å²) < 4.78 is 7.68. The third-order valence-electron chi connectivity index (χ3n) is 4.71. The average molecular weight is 419 g/mol. The summed E-state index contributed by atoms with van der Waals surface area (Å²) in [5.41, 5.74) is 3.56. The van der Waals surface area contributed by atoms with E-state index in [1.807, 2.05) is 54.3 Å². The normalized spacial score (nSPS) is 11.8. The van der Waals surface area contributed by atoms with E-state index in [2.05, 4.69) is 15.3 Å². The SMILES string of the molecule is Cc1nc(COc2ccc(C(=O)N[C@H](C)c3ccc(-n4ccnc4)cc3)cc2)cs1. The zero-order valence-electron chi connectivity index (χ0n) is 16.8. The number of aryl methyl sites for hydroxylation is 1. The smallest absolute Gasteiger partial charge is 0.251 e. The lowest BCUT2D eigenvalue weighted by Gasteiger charge is -2.15. The quantitative estimate of drug-likeness (QED) is 0.472. The van der Waals surface area contributed by atoms with Gasteiger partial charge in [0.25, 0.3) is 5.91 Å². The van der Waals surface area contributed by atoms with Gasteiger partial charge in [0.2, 0.25) is 0 Å². The molecule has 1 atom stereocenters. The van der Waals surface area contributed by atoms with E-state index in [0.29, 0.717) is 17.9 Å². The van der Waals surface area contributed by atoms with E-state index >= 15 is 0 Å². The number of nitrogens with one attached hydrogen (secondary N) is 1. The number of thiazole rings is 1. The zero-order chi connectivity index (χ0) is 20.9. The Morgan fingerprint density at radius 2 is 1.93 bits per heavy atom. The number of carbonyl (C=O) groups excluding carboxylic acids is 1. The van der Waals surface area contributed by atoms with E-state index in [4.69, 9.17) is 4.74 Å². The molecule has 0 aliphatic rings.